The number of nitrogens with zero attached hydrogens (tertiary/aromatic N) is 1. The summed E-state index contributed by atoms with van der Waals surface area (Å²) in [6.07, 6.45) is 8.51. The number of hydrogen-bond donors (Lipinski definition) is 1. The maximum absolute atomic E-state index is 10.9. The van der Waals surface area contributed by atoms with Crippen molar-refractivity contribution in [3.8, 4) is 0 Å². The van der Waals surface area contributed by atoms with E-state index in [-0.39, 0.29) is 11.1 Å². The average Bonchev–Trinajstić information content (AvgIpc) is 2.29. The topological polar surface area (TPSA) is 23.5 Å². The first-order valence-corrected chi connectivity index (χ1v) is 7.39. The molecule has 1 aliphatic carbocycles. The zero-order valence-corrected chi connectivity index (χ0v) is 11.8. The first-order chi connectivity index (χ1) is 7.92. The fraction of sp³-hybridized carbons (Fsp3) is 1.00. The number of rotatable bonds is 1. The summed E-state index contributed by atoms with van der Waals surface area (Å²) in [5.74, 6) is 0.582. The van der Waals surface area contributed by atoms with Crippen LogP contribution in [-0.4, -0.2) is 34.2 Å². The molecule has 0 aromatic carbocycles. The fourth-order valence-electron chi connectivity index (χ4n) is 3.61. The van der Waals surface area contributed by atoms with E-state index in [2.05, 4.69) is 25.7 Å². The summed E-state index contributed by atoms with van der Waals surface area (Å²) < 4.78 is 0. The molecule has 2 aliphatic rings. The van der Waals surface area contributed by atoms with Gasteiger partial charge in [-0.1, -0.05) is 19.3 Å². The van der Waals surface area contributed by atoms with Crippen LogP contribution in [0.4, 0.5) is 0 Å². The smallest absolute Gasteiger partial charge is 0.0700 e. The normalized spacial score (nSPS) is 28.2. The monoisotopic (exact) mass is 239 g/mol. The molecule has 2 rings (SSSR count). The molecular weight excluding hydrogens is 210 g/mol. The molecule has 1 saturated heterocycles. The SMILES string of the molecule is CC(C)(C)N1CCC(O)(C2CCCCC2)CC1. The lowest BCUT2D eigenvalue weighted by atomic mass is 9.72. The van der Waals surface area contributed by atoms with Crippen molar-refractivity contribution in [2.45, 2.75) is 76.9 Å². The molecule has 1 saturated carbocycles. The Hall–Kier alpha value is -0.0800. The molecule has 0 bridgehead atoms. The molecule has 0 aromatic rings. The van der Waals surface area contributed by atoms with Gasteiger partial charge in [0.1, 0.15) is 0 Å². The van der Waals surface area contributed by atoms with Gasteiger partial charge in [0.25, 0.3) is 0 Å². The molecule has 0 unspecified atom stereocenters. The van der Waals surface area contributed by atoms with Crippen LogP contribution in [0.5, 0.6) is 0 Å². The van der Waals surface area contributed by atoms with Gasteiger partial charge in [-0.2, -0.15) is 0 Å². The van der Waals surface area contributed by atoms with E-state index in [1.54, 1.807) is 0 Å². The minimum Gasteiger partial charge on any atom is -0.390 e. The first kappa shape index (κ1) is 13.4. The predicted molar refractivity (Wildman–Crippen MR) is 72.1 cm³/mol. The van der Waals surface area contributed by atoms with E-state index in [4.69, 9.17) is 0 Å². The summed E-state index contributed by atoms with van der Waals surface area (Å²) in [6, 6.07) is 0. The molecule has 1 heterocycles. The van der Waals surface area contributed by atoms with Crippen LogP contribution in [0.25, 0.3) is 0 Å². The molecule has 0 amide bonds. The van der Waals surface area contributed by atoms with E-state index >= 15 is 0 Å². The zero-order chi connectivity index (χ0) is 12.5. The van der Waals surface area contributed by atoms with E-state index in [0.717, 1.165) is 25.9 Å². The molecule has 17 heavy (non-hydrogen) atoms. The molecular formula is C15H29NO. The molecule has 2 fully saturated rings. The van der Waals surface area contributed by atoms with Crippen LogP contribution in [0, 0.1) is 5.92 Å². The zero-order valence-electron chi connectivity index (χ0n) is 11.8. The summed E-state index contributed by atoms with van der Waals surface area (Å²) in [7, 11) is 0. The summed E-state index contributed by atoms with van der Waals surface area (Å²) >= 11 is 0. The lowest BCUT2D eigenvalue weighted by molar-refractivity contribution is -0.0896. The third-order valence-electron chi connectivity index (χ3n) is 4.94. The van der Waals surface area contributed by atoms with Crippen LogP contribution >= 0.6 is 0 Å². The third-order valence-corrected chi connectivity index (χ3v) is 4.94. The van der Waals surface area contributed by atoms with Crippen molar-refractivity contribution in [1.29, 1.82) is 0 Å². The average molecular weight is 239 g/mol. The highest BCUT2D eigenvalue weighted by Gasteiger charge is 2.41. The minimum absolute atomic E-state index is 0.258. The lowest BCUT2D eigenvalue weighted by Gasteiger charge is -2.48. The van der Waals surface area contributed by atoms with Crippen molar-refractivity contribution in [2.24, 2.45) is 5.92 Å². The highest BCUT2D eigenvalue weighted by molar-refractivity contribution is 4.94. The minimum atomic E-state index is -0.345. The Morgan fingerprint density at radius 2 is 1.53 bits per heavy atom. The Kier molecular flexibility index (Phi) is 3.84. The van der Waals surface area contributed by atoms with E-state index in [1.165, 1.54) is 32.1 Å². The van der Waals surface area contributed by atoms with Crippen molar-refractivity contribution in [3.05, 3.63) is 0 Å². The van der Waals surface area contributed by atoms with Gasteiger partial charge in [0, 0.05) is 18.6 Å². The van der Waals surface area contributed by atoms with Gasteiger partial charge in [0.05, 0.1) is 5.60 Å². The van der Waals surface area contributed by atoms with Crippen LogP contribution in [0.3, 0.4) is 0 Å². The maximum Gasteiger partial charge on any atom is 0.0700 e. The predicted octanol–water partition coefficient (Wildman–Crippen LogP) is 3.19. The Labute approximate surface area is 106 Å². The van der Waals surface area contributed by atoms with Gasteiger partial charge in [-0.05, 0) is 52.4 Å². The molecule has 0 atom stereocenters. The summed E-state index contributed by atoms with van der Waals surface area (Å²) in [5, 5.41) is 10.9. The van der Waals surface area contributed by atoms with E-state index in [1.807, 2.05) is 0 Å². The molecule has 0 radical (unpaired) electrons. The maximum atomic E-state index is 10.9. The fourth-order valence-corrected chi connectivity index (χ4v) is 3.61. The second kappa shape index (κ2) is 4.89. The molecule has 2 heteroatoms. The molecule has 2 nitrogen and oxygen atoms in total. The summed E-state index contributed by atoms with van der Waals surface area (Å²) in [4.78, 5) is 2.52. The van der Waals surface area contributed by atoms with Crippen molar-refractivity contribution in [2.75, 3.05) is 13.1 Å². The van der Waals surface area contributed by atoms with Gasteiger partial charge in [-0.3, -0.25) is 4.90 Å². The number of aliphatic hydroxyl groups is 1. The van der Waals surface area contributed by atoms with E-state index in [0.29, 0.717) is 5.92 Å². The van der Waals surface area contributed by atoms with Gasteiger partial charge >= 0.3 is 0 Å². The number of piperidine rings is 1. The van der Waals surface area contributed by atoms with Gasteiger partial charge in [-0.25, -0.2) is 0 Å². The van der Waals surface area contributed by atoms with E-state index < -0.39 is 0 Å². The van der Waals surface area contributed by atoms with Crippen molar-refractivity contribution >= 4 is 0 Å². The Bertz CT molecular complexity index is 242. The highest BCUT2D eigenvalue weighted by Crippen LogP contribution is 2.39. The van der Waals surface area contributed by atoms with Gasteiger partial charge in [0.2, 0.25) is 0 Å². The Balaban J connectivity index is 1.92. The molecule has 100 valence electrons. The first-order valence-electron chi connectivity index (χ1n) is 7.39. The van der Waals surface area contributed by atoms with Crippen LogP contribution in [0.1, 0.15) is 65.7 Å². The molecule has 1 aliphatic heterocycles. The second-order valence-corrected chi connectivity index (χ2v) is 7.10. The van der Waals surface area contributed by atoms with Crippen molar-refractivity contribution < 1.29 is 5.11 Å². The number of likely N-dealkylation sites (tertiary alicyclic amines) is 1. The quantitative estimate of drug-likeness (QED) is 0.759. The summed E-state index contributed by atoms with van der Waals surface area (Å²) in [5.41, 5.74) is -0.0872. The van der Waals surface area contributed by atoms with Crippen LogP contribution in [-0.2, 0) is 0 Å². The number of hydrogen-bond acceptors (Lipinski definition) is 2. The standard InChI is InChI=1S/C15H29NO/c1-14(2,3)16-11-9-15(17,10-12-16)13-7-5-4-6-8-13/h13,17H,4-12H2,1-3H3. The van der Waals surface area contributed by atoms with Crippen LogP contribution < -0.4 is 0 Å². The van der Waals surface area contributed by atoms with E-state index in [9.17, 15) is 5.11 Å². The highest BCUT2D eigenvalue weighted by atomic mass is 16.3. The van der Waals surface area contributed by atoms with Crippen LogP contribution in [0.2, 0.25) is 0 Å². The second-order valence-electron chi connectivity index (χ2n) is 7.10. The van der Waals surface area contributed by atoms with Gasteiger partial charge in [-0.15, -0.1) is 0 Å². The molecule has 0 aromatic heterocycles. The van der Waals surface area contributed by atoms with Gasteiger partial charge in [0.15, 0.2) is 0 Å². The van der Waals surface area contributed by atoms with Crippen LogP contribution in [0.15, 0.2) is 0 Å². The Morgan fingerprint density at radius 3 is 2.00 bits per heavy atom. The molecule has 1 N–H and O–H groups in total. The summed E-state index contributed by atoms with van der Waals surface area (Å²) in [6.45, 7) is 8.96. The molecule has 0 spiro atoms. The van der Waals surface area contributed by atoms with Crippen molar-refractivity contribution in [1.82, 2.24) is 4.90 Å². The Morgan fingerprint density at radius 1 is 1.00 bits per heavy atom. The van der Waals surface area contributed by atoms with Gasteiger partial charge < -0.3 is 5.11 Å². The largest absolute Gasteiger partial charge is 0.390 e. The van der Waals surface area contributed by atoms with Crippen molar-refractivity contribution in [3.63, 3.8) is 0 Å². The lowest BCUT2D eigenvalue weighted by Crippen LogP contribution is -2.54. The third kappa shape index (κ3) is 3.03.